The Kier molecular flexibility index (Phi) is 0.974. The Hall–Kier alpha value is -1.38. The van der Waals surface area contributed by atoms with E-state index in [2.05, 4.69) is 4.99 Å². The maximum atomic E-state index is 11.0. The van der Waals surface area contributed by atoms with Crippen LogP contribution in [0.15, 0.2) is 23.3 Å². The van der Waals surface area contributed by atoms with Gasteiger partial charge in [-0.25, -0.2) is 0 Å². The van der Waals surface area contributed by atoms with Gasteiger partial charge in [-0.3, -0.25) is 14.4 Å². The largest absolute Gasteiger partial charge is 0.285 e. The number of nitrogens with zero attached hydrogens (tertiary/aromatic N) is 2. The van der Waals surface area contributed by atoms with E-state index in [0.29, 0.717) is 0 Å². The predicted molar refractivity (Wildman–Crippen MR) is 37.5 cm³/mol. The molecule has 3 nitrogen and oxygen atoms in total. The molecule has 2 heterocycles. The zero-order valence-corrected chi connectivity index (χ0v) is 5.32. The van der Waals surface area contributed by atoms with E-state index in [1.165, 1.54) is 0 Å². The van der Waals surface area contributed by atoms with Crippen molar-refractivity contribution in [2.45, 2.75) is 0 Å². The molecule has 0 radical (unpaired) electrons. The van der Waals surface area contributed by atoms with Crippen molar-refractivity contribution in [3.05, 3.63) is 24.0 Å². The second-order valence-corrected chi connectivity index (χ2v) is 2.17. The molecule has 0 aliphatic carbocycles. The molecule has 1 aromatic heterocycles. The fourth-order valence-corrected chi connectivity index (χ4v) is 1.02. The summed E-state index contributed by atoms with van der Waals surface area (Å²) in [6, 6.07) is 3.70. The third kappa shape index (κ3) is 0.603. The number of aromatic nitrogens is 1. The van der Waals surface area contributed by atoms with Gasteiger partial charge in [-0.05, 0) is 12.1 Å². The van der Waals surface area contributed by atoms with Gasteiger partial charge in [0.15, 0.2) is 0 Å². The molecule has 1 aromatic rings. The molecule has 0 saturated heterocycles. The van der Waals surface area contributed by atoms with Gasteiger partial charge in [0.2, 0.25) is 0 Å². The van der Waals surface area contributed by atoms with Crippen LogP contribution in [0.25, 0.3) is 0 Å². The number of fused-ring (bicyclic) bond motifs is 1. The molecule has 50 valence electrons. The molecule has 1 aliphatic heterocycles. The molecule has 0 atom stereocenters. The highest BCUT2D eigenvalue weighted by molar-refractivity contribution is 5.93. The molecule has 0 N–H and O–H groups in total. The van der Waals surface area contributed by atoms with Gasteiger partial charge < -0.3 is 0 Å². The average molecular weight is 134 g/mol. The van der Waals surface area contributed by atoms with Crippen molar-refractivity contribution in [3.8, 4) is 0 Å². The zero-order chi connectivity index (χ0) is 6.97. The minimum Gasteiger partial charge on any atom is -0.285 e. The minimum atomic E-state index is 0.0440. The van der Waals surface area contributed by atoms with E-state index < -0.39 is 0 Å². The number of aliphatic imine (C=N–C) groups is 1. The van der Waals surface area contributed by atoms with Crippen LogP contribution in [-0.4, -0.2) is 23.2 Å². The molecule has 2 rings (SSSR count). The number of hydrogen-bond donors (Lipinski definition) is 0. The van der Waals surface area contributed by atoms with Gasteiger partial charge in [0.1, 0.15) is 6.54 Å². The Morgan fingerprint density at radius 1 is 1.60 bits per heavy atom. The Labute approximate surface area is 58.0 Å². The lowest BCUT2D eigenvalue weighted by Crippen LogP contribution is -2.19. The fourth-order valence-electron chi connectivity index (χ4n) is 1.02. The standard InChI is InChI=1S/C7H6N2O/c10-7-5-8-4-6-2-1-3-9(6)7/h1-4H,5H2. The summed E-state index contributed by atoms with van der Waals surface area (Å²) in [5.41, 5.74) is 0.872. The van der Waals surface area contributed by atoms with Crippen molar-refractivity contribution in [3.63, 3.8) is 0 Å². The van der Waals surface area contributed by atoms with Gasteiger partial charge in [0.25, 0.3) is 5.91 Å². The Balaban J connectivity index is 2.62. The van der Waals surface area contributed by atoms with E-state index in [1.807, 2.05) is 12.1 Å². The number of hydrogen-bond acceptors (Lipinski definition) is 2. The minimum absolute atomic E-state index is 0.0440. The zero-order valence-electron chi connectivity index (χ0n) is 5.32. The van der Waals surface area contributed by atoms with Crippen molar-refractivity contribution in [2.24, 2.45) is 4.99 Å². The van der Waals surface area contributed by atoms with Crippen molar-refractivity contribution >= 4 is 12.1 Å². The Morgan fingerprint density at radius 3 is 3.30 bits per heavy atom. The average Bonchev–Trinajstić information content (AvgIpc) is 2.36. The smallest absolute Gasteiger partial charge is 0.252 e. The van der Waals surface area contributed by atoms with Gasteiger partial charge in [-0.15, -0.1) is 0 Å². The van der Waals surface area contributed by atoms with Crippen LogP contribution in [0.2, 0.25) is 0 Å². The van der Waals surface area contributed by atoms with Crippen LogP contribution in [0, 0.1) is 0 Å². The summed E-state index contributed by atoms with van der Waals surface area (Å²) in [7, 11) is 0. The quantitative estimate of drug-likeness (QED) is 0.510. The van der Waals surface area contributed by atoms with Crippen LogP contribution in [0.1, 0.15) is 10.5 Å². The van der Waals surface area contributed by atoms with E-state index in [4.69, 9.17) is 0 Å². The summed E-state index contributed by atoms with van der Waals surface area (Å²) in [5.74, 6) is 0.0440. The third-order valence-electron chi connectivity index (χ3n) is 1.50. The molecule has 0 bridgehead atoms. The van der Waals surface area contributed by atoms with Gasteiger partial charge in [0, 0.05) is 12.4 Å². The molecule has 0 amide bonds. The van der Waals surface area contributed by atoms with Gasteiger partial charge in [0.05, 0.1) is 5.69 Å². The van der Waals surface area contributed by atoms with E-state index >= 15 is 0 Å². The lowest BCUT2D eigenvalue weighted by atomic mass is 10.4. The molecule has 3 heteroatoms. The molecule has 0 aromatic carbocycles. The van der Waals surface area contributed by atoms with Crippen LogP contribution in [0.4, 0.5) is 0 Å². The van der Waals surface area contributed by atoms with Crippen LogP contribution in [-0.2, 0) is 0 Å². The summed E-state index contributed by atoms with van der Waals surface area (Å²) in [4.78, 5) is 14.9. The van der Waals surface area contributed by atoms with Gasteiger partial charge in [-0.1, -0.05) is 0 Å². The lowest BCUT2D eigenvalue weighted by Gasteiger charge is -2.05. The van der Waals surface area contributed by atoms with Crippen LogP contribution in [0.5, 0.6) is 0 Å². The number of carbonyl (C=O) groups is 1. The molecular formula is C7H6N2O. The van der Waals surface area contributed by atoms with Gasteiger partial charge in [-0.2, -0.15) is 0 Å². The molecule has 0 spiro atoms. The molecule has 0 fully saturated rings. The Morgan fingerprint density at radius 2 is 2.50 bits per heavy atom. The van der Waals surface area contributed by atoms with E-state index in [9.17, 15) is 4.79 Å². The van der Waals surface area contributed by atoms with Crippen LogP contribution >= 0.6 is 0 Å². The first-order valence-electron chi connectivity index (χ1n) is 3.08. The topological polar surface area (TPSA) is 34.4 Å². The van der Waals surface area contributed by atoms with Crippen molar-refractivity contribution in [2.75, 3.05) is 6.54 Å². The predicted octanol–water partition coefficient (Wildman–Crippen LogP) is 0.561. The summed E-state index contributed by atoms with van der Waals surface area (Å²) >= 11 is 0. The van der Waals surface area contributed by atoms with Crippen molar-refractivity contribution < 1.29 is 4.79 Å². The first kappa shape index (κ1) is 5.41. The first-order chi connectivity index (χ1) is 4.88. The van der Waals surface area contributed by atoms with Gasteiger partial charge >= 0.3 is 0 Å². The fraction of sp³-hybridized carbons (Fsp3) is 0.143. The van der Waals surface area contributed by atoms with E-state index in [0.717, 1.165) is 5.69 Å². The SMILES string of the molecule is O=C1CN=Cc2cccn21. The third-order valence-corrected chi connectivity index (χ3v) is 1.50. The summed E-state index contributed by atoms with van der Waals surface area (Å²) in [6.07, 6.45) is 3.46. The van der Waals surface area contributed by atoms with E-state index in [-0.39, 0.29) is 12.5 Å². The number of rotatable bonds is 0. The van der Waals surface area contributed by atoms with Crippen LogP contribution in [0.3, 0.4) is 0 Å². The van der Waals surface area contributed by atoms with Crippen molar-refractivity contribution in [1.82, 2.24) is 4.57 Å². The van der Waals surface area contributed by atoms with Crippen LogP contribution < -0.4 is 0 Å². The highest BCUT2D eigenvalue weighted by atomic mass is 16.2. The summed E-state index contributed by atoms with van der Waals surface area (Å²) in [5, 5.41) is 0. The Bertz CT molecular complexity index is 298. The highest BCUT2D eigenvalue weighted by Gasteiger charge is 2.09. The second kappa shape index (κ2) is 1.80. The first-order valence-corrected chi connectivity index (χ1v) is 3.08. The maximum Gasteiger partial charge on any atom is 0.252 e. The molecule has 0 saturated carbocycles. The molecule has 10 heavy (non-hydrogen) atoms. The lowest BCUT2D eigenvalue weighted by molar-refractivity contribution is 0.0921. The monoisotopic (exact) mass is 134 g/mol. The maximum absolute atomic E-state index is 11.0. The second-order valence-electron chi connectivity index (χ2n) is 2.17. The number of carbonyl (C=O) groups excluding carboxylic acids is 1. The molecular weight excluding hydrogens is 128 g/mol. The highest BCUT2D eigenvalue weighted by Crippen LogP contribution is 2.02. The van der Waals surface area contributed by atoms with E-state index in [1.54, 1.807) is 17.0 Å². The summed E-state index contributed by atoms with van der Waals surface area (Å²) < 4.78 is 1.60. The molecule has 1 aliphatic rings. The summed E-state index contributed by atoms with van der Waals surface area (Å²) in [6.45, 7) is 0.279. The normalized spacial score (nSPS) is 15.4. The van der Waals surface area contributed by atoms with Crippen molar-refractivity contribution in [1.29, 1.82) is 0 Å². The molecule has 0 unspecified atom stereocenters.